The maximum absolute atomic E-state index is 5.85. The second-order valence-electron chi connectivity index (χ2n) is 3.86. The highest BCUT2D eigenvalue weighted by molar-refractivity contribution is 6.19. The molecule has 0 aromatic carbocycles. The second kappa shape index (κ2) is 6.11. The molecule has 0 unspecified atom stereocenters. The molecule has 0 aromatic rings. The standard InChI is InChI=1S/C13H19Cl/c1-3-4-5-7-12-8-6-9-13(12)11(2)10-14/h5H,3-4,6,8-10H2,1-2H3/b13-11-. The molecule has 0 aromatic heterocycles. The van der Waals surface area contributed by atoms with E-state index in [1.807, 2.05) is 0 Å². The van der Waals surface area contributed by atoms with Crippen LogP contribution in [-0.4, -0.2) is 5.88 Å². The van der Waals surface area contributed by atoms with Crippen molar-refractivity contribution in [3.05, 3.63) is 28.5 Å². The van der Waals surface area contributed by atoms with Crippen molar-refractivity contribution < 1.29 is 0 Å². The normalized spacial score (nSPS) is 19.5. The summed E-state index contributed by atoms with van der Waals surface area (Å²) in [6.45, 7) is 4.33. The van der Waals surface area contributed by atoms with Gasteiger partial charge < -0.3 is 0 Å². The van der Waals surface area contributed by atoms with Crippen molar-refractivity contribution >= 4 is 11.6 Å². The molecule has 0 radical (unpaired) electrons. The van der Waals surface area contributed by atoms with Crippen molar-refractivity contribution in [3.63, 3.8) is 0 Å². The van der Waals surface area contributed by atoms with Crippen LogP contribution in [-0.2, 0) is 0 Å². The van der Waals surface area contributed by atoms with Gasteiger partial charge in [-0.05, 0) is 49.8 Å². The lowest BCUT2D eigenvalue weighted by atomic mass is 10.1. The third-order valence-corrected chi connectivity index (χ3v) is 3.04. The highest BCUT2D eigenvalue weighted by Crippen LogP contribution is 2.32. The summed E-state index contributed by atoms with van der Waals surface area (Å²) in [5.41, 5.74) is 7.62. The lowest BCUT2D eigenvalue weighted by molar-refractivity contribution is 0.928. The molecule has 1 saturated carbocycles. The Hall–Kier alpha value is -0.450. The molecule has 0 saturated heterocycles. The van der Waals surface area contributed by atoms with Crippen LogP contribution < -0.4 is 0 Å². The van der Waals surface area contributed by atoms with Crippen molar-refractivity contribution in [1.29, 1.82) is 0 Å². The predicted molar refractivity (Wildman–Crippen MR) is 63.8 cm³/mol. The van der Waals surface area contributed by atoms with Gasteiger partial charge in [0.25, 0.3) is 0 Å². The van der Waals surface area contributed by atoms with Crippen molar-refractivity contribution in [1.82, 2.24) is 0 Å². The fourth-order valence-electron chi connectivity index (χ4n) is 1.79. The Morgan fingerprint density at radius 3 is 2.93 bits per heavy atom. The summed E-state index contributed by atoms with van der Waals surface area (Å²) in [6.07, 6.45) is 8.16. The third kappa shape index (κ3) is 3.04. The Balaban J connectivity index is 2.83. The fourth-order valence-corrected chi connectivity index (χ4v) is 1.96. The van der Waals surface area contributed by atoms with Crippen LogP contribution in [0.25, 0.3) is 0 Å². The third-order valence-electron chi connectivity index (χ3n) is 2.64. The molecule has 1 aliphatic rings. The monoisotopic (exact) mass is 210 g/mol. The van der Waals surface area contributed by atoms with Crippen LogP contribution in [0.1, 0.15) is 46.0 Å². The van der Waals surface area contributed by atoms with Crippen LogP contribution in [0.4, 0.5) is 0 Å². The van der Waals surface area contributed by atoms with E-state index in [0.29, 0.717) is 5.88 Å². The zero-order valence-corrected chi connectivity index (χ0v) is 9.95. The predicted octanol–water partition coefficient (Wildman–Crippen LogP) is 4.61. The van der Waals surface area contributed by atoms with E-state index < -0.39 is 0 Å². The molecule has 1 aliphatic carbocycles. The van der Waals surface area contributed by atoms with Crippen LogP contribution in [0.5, 0.6) is 0 Å². The summed E-state index contributed by atoms with van der Waals surface area (Å²) in [4.78, 5) is 0. The Bertz CT molecular complexity index is 278. The van der Waals surface area contributed by atoms with E-state index in [1.54, 1.807) is 0 Å². The van der Waals surface area contributed by atoms with E-state index in [-0.39, 0.29) is 0 Å². The average Bonchev–Trinajstić information content (AvgIpc) is 2.65. The highest BCUT2D eigenvalue weighted by Gasteiger charge is 2.14. The van der Waals surface area contributed by atoms with E-state index in [0.717, 1.165) is 6.42 Å². The molecule has 0 spiro atoms. The maximum Gasteiger partial charge on any atom is 0.0436 e. The molecule has 1 rings (SSSR count). The molecule has 0 heterocycles. The quantitative estimate of drug-likeness (QED) is 0.472. The summed E-state index contributed by atoms with van der Waals surface area (Å²) in [7, 11) is 0. The lowest BCUT2D eigenvalue weighted by Gasteiger charge is -2.02. The van der Waals surface area contributed by atoms with Gasteiger partial charge in [-0.1, -0.05) is 18.9 Å². The zero-order chi connectivity index (χ0) is 10.4. The molecule has 0 nitrogen and oxygen atoms in total. The Labute approximate surface area is 92.3 Å². The largest absolute Gasteiger partial charge is 0.122 e. The highest BCUT2D eigenvalue weighted by atomic mass is 35.5. The molecule has 0 bridgehead atoms. The molecule has 0 amide bonds. The van der Waals surface area contributed by atoms with E-state index in [9.17, 15) is 0 Å². The van der Waals surface area contributed by atoms with E-state index in [1.165, 1.54) is 42.4 Å². The first-order valence-corrected chi connectivity index (χ1v) is 6.02. The van der Waals surface area contributed by atoms with Crippen molar-refractivity contribution in [2.45, 2.75) is 46.0 Å². The van der Waals surface area contributed by atoms with Crippen LogP contribution in [0.15, 0.2) is 28.5 Å². The number of halogens is 1. The zero-order valence-electron chi connectivity index (χ0n) is 9.20. The SMILES string of the molecule is CCCC=C=C1CCC/C1=C(\C)CCl. The Morgan fingerprint density at radius 2 is 2.29 bits per heavy atom. The summed E-state index contributed by atoms with van der Waals surface area (Å²) in [5.74, 6) is 0.661. The van der Waals surface area contributed by atoms with Crippen LogP contribution in [0, 0.1) is 0 Å². The number of hydrogen-bond donors (Lipinski definition) is 0. The first-order valence-electron chi connectivity index (χ1n) is 5.48. The number of allylic oxidation sites excluding steroid dienone is 3. The molecular formula is C13H19Cl. The van der Waals surface area contributed by atoms with Gasteiger partial charge in [-0.3, -0.25) is 0 Å². The van der Waals surface area contributed by atoms with Gasteiger partial charge in [-0.2, -0.15) is 0 Å². The van der Waals surface area contributed by atoms with Gasteiger partial charge >= 0.3 is 0 Å². The van der Waals surface area contributed by atoms with Gasteiger partial charge in [0, 0.05) is 5.88 Å². The van der Waals surface area contributed by atoms with Gasteiger partial charge in [0.2, 0.25) is 0 Å². The molecule has 14 heavy (non-hydrogen) atoms. The second-order valence-corrected chi connectivity index (χ2v) is 4.13. The maximum atomic E-state index is 5.85. The smallest absolute Gasteiger partial charge is 0.0436 e. The van der Waals surface area contributed by atoms with Crippen LogP contribution >= 0.6 is 11.6 Å². The van der Waals surface area contributed by atoms with Gasteiger partial charge in [0.15, 0.2) is 0 Å². The minimum absolute atomic E-state index is 0.661. The summed E-state index contributed by atoms with van der Waals surface area (Å²) in [5, 5.41) is 0. The molecule has 78 valence electrons. The van der Waals surface area contributed by atoms with E-state index >= 15 is 0 Å². The molecule has 0 atom stereocenters. The van der Waals surface area contributed by atoms with Gasteiger partial charge in [0.1, 0.15) is 0 Å². The summed E-state index contributed by atoms with van der Waals surface area (Å²) < 4.78 is 0. The summed E-state index contributed by atoms with van der Waals surface area (Å²) in [6, 6.07) is 0. The topological polar surface area (TPSA) is 0 Å². The minimum atomic E-state index is 0.661. The number of unbranched alkanes of at least 4 members (excludes halogenated alkanes) is 1. The van der Waals surface area contributed by atoms with Gasteiger partial charge in [-0.15, -0.1) is 17.3 Å². The van der Waals surface area contributed by atoms with Crippen LogP contribution in [0.2, 0.25) is 0 Å². The molecule has 1 heteroatoms. The average molecular weight is 211 g/mol. The molecular weight excluding hydrogens is 192 g/mol. The Kier molecular flexibility index (Phi) is 5.07. The molecule has 0 N–H and O–H groups in total. The number of alkyl halides is 1. The lowest BCUT2D eigenvalue weighted by Crippen LogP contribution is -1.86. The first kappa shape index (κ1) is 11.6. The van der Waals surface area contributed by atoms with E-state index in [4.69, 9.17) is 11.6 Å². The molecule has 0 aliphatic heterocycles. The van der Waals surface area contributed by atoms with Gasteiger partial charge in [0.05, 0.1) is 0 Å². The summed E-state index contributed by atoms with van der Waals surface area (Å²) >= 11 is 5.85. The minimum Gasteiger partial charge on any atom is -0.122 e. The van der Waals surface area contributed by atoms with Gasteiger partial charge in [-0.25, -0.2) is 0 Å². The number of rotatable bonds is 3. The molecule has 1 fully saturated rings. The van der Waals surface area contributed by atoms with Crippen molar-refractivity contribution in [2.24, 2.45) is 0 Å². The van der Waals surface area contributed by atoms with Crippen molar-refractivity contribution in [3.8, 4) is 0 Å². The first-order chi connectivity index (χ1) is 6.79. The fraction of sp³-hybridized carbons (Fsp3) is 0.615. The Morgan fingerprint density at radius 1 is 1.50 bits per heavy atom. The van der Waals surface area contributed by atoms with E-state index in [2.05, 4.69) is 25.7 Å². The number of hydrogen-bond acceptors (Lipinski definition) is 0. The van der Waals surface area contributed by atoms with Crippen LogP contribution in [0.3, 0.4) is 0 Å². The van der Waals surface area contributed by atoms with Crippen molar-refractivity contribution in [2.75, 3.05) is 5.88 Å².